The maximum atomic E-state index is 12.2. The first-order chi connectivity index (χ1) is 9.33. The minimum absolute atomic E-state index is 0.126. The van der Waals surface area contributed by atoms with Crippen LogP contribution in [0.25, 0.3) is 0 Å². The Morgan fingerprint density at radius 2 is 2.10 bits per heavy atom. The van der Waals surface area contributed by atoms with E-state index in [1.54, 1.807) is 30.0 Å². The quantitative estimate of drug-likeness (QED) is 0.933. The Labute approximate surface area is 127 Å². The summed E-state index contributed by atoms with van der Waals surface area (Å²) in [6.07, 6.45) is 0.604. The van der Waals surface area contributed by atoms with E-state index >= 15 is 0 Å². The largest absolute Gasteiger partial charge is 0.481 e. The van der Waals surface area contributed by atoms with Gasteiger partial charge in [-0.1, -0.05) is 35.3 Å². The van der Waals surface area contributed by atoms with Crippen LogP contribution < -0.4 is 0 Å². The summed E-state index contributed by atoms with van der Waals surface area (Å²) in [5.41, 5.74) is -0.193. The minimum Gasteiger partial charge on any atom is -0.481 e. The number of halogens is 2. The van der Waals surface area contributed by atoms with Gasteiger partial charge in [0.05, 0.1) is 21.9 Å². The van der Waals surface area contributed by atoms with Crippen molar-refractivity contribution in [3.63, 3.8) is 0 Å². The van der Waals surface area contributed by atoms with Crippen LogP contribution in [-0.2, 0) is 16.0 Å². The summed E-state index contributed by atoms with van der Waals surface area (Å²) >= 11 is 12.0. The van der Waals surface area contributed by atoms with E-state index in [1.165, 1.54) is 0 Å². The lowest BCUT2D eigenvalue weighted by atomic mass is 9.90. The van der Waals surface area contributed by atoms with E-state index in [9.17, 15) is 9.59 Å². The molecule has 0 bridgehead atoms. The van der Waals surface area contributed by atoms with Crippen LogP contribution >= 0.6 is 23.2 Å². The number of carbonyl (C=O) groups is 2. The normalized spacial score (nSPS) is 22.1. The van der Waals surface area contributed by atoms with Gasteiger partial charge in [0.25, 0.3) is 0 Å². The topological polar surface area (TPSA) is 57.6 Å². The fourth-order valence-electron chi connectivity index (χ4n) is 2.31. The lowest BCUT2D eigenvalue weighted by Gasteiger charge is -2.20. The van der Waals surface area contributed by atoms with Crippen molar-refractivity contribution in [3.8, 4) is 0 Å². The van der Waals surface area contributed by atoms with E-state index in [1.807, 2.05) is 0 Å². The van der Waals surface area contributed by atoms with Crippen molar-refractivity contribution in [3.05, 3.63) is 33.8 Å². The van der Waals surface area contributed by atoms with Crippen molar-refractivity contribution >= 4 is 35.1 Å². The second-order valence-electron chi connectivity index (χ2n) is 5.32. The van der Waals surface area contributed by atoms with Crippen LogP contribution in [0.2, 0.25) is 10.0 Å². The minimum atomic E-state index is -0.867. The maximum absolute atomic E-state index is 12.2. The van der Waals surface area contributed by atoms with Crippen LogP contribution in [0.5, 0.6) is 0 Å². The van der Waals surface area contributed by atoms with Crippen LogP contribution in [0.4, 0.5) is 0 Å². The van der Waals surface area contributed by atoms with Crippen LogP contribution in [0.3, 0.4) is 0 Å². The molecule has 0 spiro atoms. The highest BCUT2D eigenvalue weighted by molar-refractivity contribution is 6.42. The summed E-state index contributed by atoms with van der Waals surface area (Å²) in [5, 5.41) is 9.95. The number of hydrogen-bond acceptors (Lipinski definition) is 2. The predicted octanol–water partition coefficient (Wildman–Crippen LogP) is 2.86. The van der Waals surface area contributed by atoms with Gasteiger partial charge in [0.1, 0.15) is 0 Å². The molecule has 0 saturated carbocycles. The molecule has 1 saturated heterocycles. The molecule has 108 valence electrons. The number of carboxylic acids is 1. The molecule has 1 N–H and O–H groups in total. The molecule has 20 heavy (non-hydrogen) atoms. The third kappa shape index (κ3) is 2.91. The number of amides is 1. The van der Waals surface area contributed by atoms with Crippen molar-refractivity contribution in [2.24, 2.45) is 5.41 Å². The Hall–Kier alpha value is -1.26. The summed E-state index contributed by atoms with van der Waals surface area (Å²) in [7, 11) is 0. The molecule has 0 aliphatic carbocycles. The van der Waals surface area contributed by atoms with E-state index in [-0.39, 0.29) is 18.9 Å². The average molecular weight is 316 g/mol. The van der Waals surface area contributed by atoms with Gasteiger partial charge < -0.3 is 10.0 Å². The number of aliphatic carboxylic acids is 1. The zero-order valence-electron chi connectivity index (χ0n) is 11.0. The first-order valence-electron chi connectivity index (χ1n) is 6.27. The smallest absolute Gasteiger partial charge is 0.311 e. The Morgan fingerprint density at radius 3 is 2.70 bits per heavy atom. The summed E-state index contributed by atoms with van der Waals surface area (Å²) < 4.78 is 0. The zero-order valence-corrected chi connectivity index (χ0v) is 12.5. The molecule has 1 aromatic carbocycles. The highest BCUT2D eigenvalue weighted by Crippen LogP contribution is 2.31. The van der Waals surface area contributed by atoms with Gasteiger partial charge in [-0.05, 0) is 25.0 Å². The Morgan fingerprint density at radius 1 is 1.40 bits per heavy atom. The maximum Gasteiger partial charge on any atom is 0.311 e. The summed E-state index contributed by atoms with van der Waals surface area (Å²) in [4.78, 5) is 25.0. The molecule has 6 heteroatoms. The van der Waals surface area contributed by atoms with Crippen LogP contribution in [0, 0.1) is 5.41 Å². The Bertz CT molecular complexity index is 561. The SMILES string of the molecule is CC1(C(=O)O)CCN(C(=O)Cc2cccc(Cl)c2Cl)C1. The van der Waals surface area contributed by atoms with Gasteiger partial charge in [0.15, 0.2) is 0 Å². The molecule has 1 aliphatic rings. The molecule has 1 atom stereocenters. The van der Waals surface area contributed by atoms with E-state index in [2.05, 4.69) is 0 Å². The molecule has 4 nitrogen and oxygen atoms in total. The highest BCUT2D eigenvalue weighted by atomic mass is 35.5. The van der Waals surface area contributed by atoms with Crippen LogP contribution in [-0.4, -0.2) is 35.0 Å². The Balaban J connectivity index is 2.07. The number of likely N-dealkylation sites (tertiary alicyclic amines) is 1. The van der Waals surface area contributed by atoms with E-state index < -0.39 is 11.4 Å². The van der Waals surface area contributed by atoms with Crippen molar-refractivity contribution < 1.29 is 14.7 Å². The van der Waals surface area contributed by atoms with Crippen LogP contribution in [0.1, 0.15) is 18.9 Å². The fourth-order valence-corrected chi connectivity index (χ4v) is 2.70. The number of nitrogens with zero attached hydrogens (tertiary/aromatic N) is 1. The van der Waals surface area contributed by atoms with Gasteiger partial charge in [-0.2, -0.15) is 0 Å². The second kappa shape index (κ2) is 5.62. The number of benzene rings is 1. The van der Waals surface area contributed by atoms with Crippen molar-refractivity contribution in [1.29, 1.82) is 0 Å². The summed E-state index contributed by atoms with van der Waals surface area (Å²) in [6.45, 7) is 2.36. The van der Waals surface area contributed by atoms with Crippen molar-refractivity contribution in [2.75, 3.05) is 13.1 Å². The van der Waals surface area contributed by atoms with Gasteiger partial charge in [0.2, 0.25) is 5.91 Å². The molecule has 2 rings (SSSR count). The first kappa shape index (κ1) is 15.1. The van der Waals surface area contributed by atoms with E-state index in [0.29, 0.717) is 28.6 Å². The molecule has 1 fully saturated rings. The summed E-state index contributed by atoms with van der Waals surface area (Å²) in [5.74, 6) is -0.993. The standard InChI is InChI=1S/C14H15Cl2NO3/c1-14(13(19)20)5-6-17(8-14)11(18)7-9-3-2-4-10(15)12(9)16/h2-4H,5-8H2,1H3,(H,19,20). The van der Waals surface area contributed by atoms with Crippen molar-refractivity contribution in [1.82, 2.24) is 4.90 Å². The molecule has 1 heterocycles. The number of hydrogen-bond donors (Lipinski definition) is 1. The van der Waals surface area contributed by atoms with Gasteiger partial charge in [-0.3, -0.25) is 9.59 Å². The fraction of sp³-hybridized carbons (Fsp3) is 0.429. The molecular weight excluding hydrogens is 301 g/mol. The lowest BCUT2D eigenvalue weighted by molar-refractivity contribution is -0.147. The zero-order chi connectivity index (χ0) is 14.9. The Kier molecular flexibility index (Phi) is 4.25. The number of carboxylic acid groups (broad SMARTS) is 1. The average Bonchev–Trinajstić information content (AvgIpc) is 2.79. The highest BCUT2D eigenvalue weighted by Gasteiger charge is 2.41. The van der Waals surface area contributed by atoms with E-state index in [0.717, 1.165) is 0 Å². The first-order valence-corrected chi connectivity index (χ1v) is 7.03. The van der Waals surface area contributed by atoms with Crippen molar-refractivity contribution in [2.45, 2.75) is 19.8 Å². The third-order valence-corrected chi connectivity index (χ3v) is 4.57. The molecular formula is C14H15Cl2NO3. The lowest BCUT2D eigenvalue weighted by Crippen LogP contribution is -2.35. The third-order valence-electron chi connectivity index (χ3n) is 3.72. The molecule has 1 amide bonds. The predicted molar refractivity (Wildman–Crippen MR) is 77.1 cm³/mol. The summed E-state index contributed by atoms with van der Waals surface area (Å²) in [6, 6.07) is 5.15. The number of rotatable bonds is 3. The van der Waals surface area contributed by atoms with E-state index in [4.69, 9.17) is 28.3 Å². The molecule has 0 aromatic heterocycles. The molecule has 1 aliphatic heterocycles. The number of carbonyl (C=O) groups excluding carboxylic acids is 1. The van der Waals surface area contributed by atoms with Gasteiger partial charge >= 0.3 is 5.97 Å². The van der Waals surface area contributed by atoms with Gasteiger partial charge in [-0.15, -0.1) is 0 Å². The molecule has 1 unspecified atom stereocenters. The molecule has 0 radical (unpaired) electrons. The monoisotopic (exact) mass is 315 g/mol. The van der Waals surface area contributed by atoms with Gasteiger partial charge in [0, 0.05) is 13.1 Å². The molecule has 1 aromatic rings. The second-order valence-corrected chi connectivity index (χ2v) is 6.11. The van der Waals surface area contributed by atoms with Crippen LogP contribution in [0.15, 0.2) is 18.2 Å². The van der Waals surface area contributed by atoms with Gasteiger partial charge in [-0.25, -0.2) is 0 Å².